The van der Waals surface area contributed by atoms with Crippen LogP contribution in [0.25, 0.3) is 5.65 Å². The third kappa shape index (κ3) is 4.55. The fourth-order valence-corrected chi connectivity index (χ4v) is 3.32. The van der Waals surface area contributed by atoms with Crippen LogP contribution in [-0.4, -0.2) is 56.6 Å². The molecule has 29 heavy (non-hydrogen) atoms. The summed E-state index contributed by atoms with van der Waals surface area (Å²) in [5.41, 5.74) is 4.37. The Morgan fingerprint density at radius 2 is 2.00 bits per heavy atom. The van der Waals surface area contributed by atoms with Gasteiger partial charge in [-0.15, -0.1) is 0 Å². The van der Waals surface area contributed by atoms with E-state index in [1.807, 2.05) is 20.8 Å². The van der Waals surface area contributed by atoms with E-state index in [0.29, 0.717) is 38.0 Å². The van der Waals surface area contributed by atoms with Crippen molar-refractivity contribution in [2.24, 2.45) is 0 Å². The number of ether oxygens (including phenoxy) is 1. The normalized spacial score (nSPS) is 15.2. The van der Waals surface area contributed by atoms with Crippen molar-refractivity contribution in [3.8, 4) is 0 Å². The molecule has 1 aliphatic rings. The molecule has 1 aliphatic heterocycles. The number of carbonyl (C=O) groups excluding carboxylic acids is 3. The van der Waals surface area contributed by atoms with Crippen molar-refractivity contribution in [2.45, 2.75) is 45.1 Å². The smallest absolute Gasteiger partial charge is 0.410 e. The van der Waals surface area contributed by atoms with Gasteiger partial charge in [0.2, 0.25) is 6.41 Å². The number of fused-ring (bicyclic) bond motifs is 1. The van der Waals surface area contributed by atoms with Crippen LogP contribution in [0.2, 0.25) is 0 Å². The van der Waals surface area contributed by atoms with Gasteiger partial charge in [0.15, 0.2) is 0 Å². The Balaban J connectivity index is 1.80. The Labute approximate surface area is 166 Å². The zero-order chi connectivity index (χ0) is 21.2. The van der Waals surface area contributed by atoms with E-state index in [4.69, 9.17) is 4.74 Å². The quantitative estimate of drug-likeness (QED) is 0.502. The second-order valence-electron chi connectivity index (χ2n) is 7.84. The molecule has 2 aromatic heterocycles. The fraction of sp³-hybridized carbons (Fsp3) is 0.500. The standard InChI is InChI=1S/C18H24N6O5/c1-18(2,3)29-17(28)23-6-4-11(5-7-23)13-8-14(26)21-15-12(9-20-24(13)15)16(27)22-19-10-25/h8-11H,4-7H2,1-3H3,(H,19,25)(H,21,26)(H,22,27). The molecule has 3 rings (SSSR count). The molecule has 3 N–H and O–H groups in total. The minimum absolute atomic E-state index is 0.0117. The SMILES string of the molecule is CC(C)(C)OC(=O)N1CCC(c2cc(=O)[nH]c3c(C(=O)NNC=O)cnn23)CC1. The molecular formula is C18H24N6O5. The van der Waals surface area contributed by atoms with Gasteiger partial charge in [0, 0.05) is 25.1 Å². The number of nitrogens with zero attached hydrogens (tertiary/aromatic N) is 3. The van der Waals surface area contributed by atoms with Gasteiger partial charge in [-0.05, 0) is 33.6 Å². The van der Waals surface area contributed by atoms with E-state index in [1.54, 1.807) is 4.90 Å². The van der Waals surface area contributed by atoms with E-state index in [1.165, 1.54) is 16.8 Å². The predicted molar refractivity (Wildman–Crippen MR) is 102 cm³/mol. The Kier molecular flexibility index (Phi) is 5.57. The first kappa shape index (κ1) is 20.4. The van der Waals surface area contributed by atoms with Crippen molar-refractivity contribution in [1.29, 1.82) is 0 Å². The number of likely N-dealkylation sites (tertiary alicyclic amines) is 1. The molecule has 3 heterocycles. The second-order valence-corrected chi connectivity index (χ2v) is 7.84. The number of carbonyl (C=O) groups is 3. The summed E-state index contributed by atoms with van der Waals surface area (Å²) < 4.78 is 6.93. The molecule has 2 aromatic rings. The summed E-state index contributed by atoms with van der Waals surface area (Å²) in [6.07, 6.45) is 2.56. The number of hydrogen-bond acceptors (Lipinski definition) is 6. The Morgan fingerprint density at radius 1 is 1.31 bits per heavy atom. The molecule has 0 bridgehead atoms. The van der Waals surface area contributed by atoms with Crippen LogP contribution in [0.15, 0.2) is 17.1 Å². The number of rotatable bonds is 4. The van der Waals surface area contributed by atoms with Crippen LogP contribution in [-0.2, 0) is 9.53 Å². The second kappa shape index (κ2) is 7.94. The highest BCUT2D eigenvalue weighted by Gasteiger charge is 2.29. The molecule has 0 atom stereocenters. The lowest BCUT2D eigenvalue weighted by Crippen LogP contribution is -2.41. The highest BCUT2D eigenvalue weighted by Crippen LogP contribution is 2.28. The molecule has 11 heteroatoms. The number of hydrazine groups is 1. The summed E-state index contributed by atoms with van der Waals surface area (Å²) in [4.78, 5) is 51.2. The van der Waals surface area contributed by atoms with Gasteiger partial charge in [-0.2, -0.15) is 5.10 Å². The Bertz CT molecular complexity index is 981. The van der Waals surface area contributed by atoms with Gasteiger partial charge in [0.25, 0.3) is 11.5 Å². The van der Waals surface area contributed by atoms with Crippen LogP contribution in [0, 0.1) is 0 Å². The average molecular weight is 404 g/mol. The van der Waals surface area contributed by atoms with E-state index in [-0.39, 0.29) is 28.8 Å². The van der Waals surface area contributed by atoms with Crippen molar-refractivity contribution in [3.63, 3.8) is 0 Å². The Hall–Kier alpha value is -3.37. The van der Waals surface area contributed by atoms with Crippen LogP contribution >= 0.6 is 0 Å². The highest BCUT2D eigenvalue weighted by atomic mass is 16.6. The Morgan fingerprint density at radius 3 is 2.62 bits per heavy atom. The molecule has 0 saturated carbocycles. The van der Waals surface area contributed by atoms with Crippen LogP contribution in [0.1, 0.15) is 55.6 Å². The average Bonchev–Trinajstić information content (AvgIpc) is 3.08. The topological polar surface area (TPSA) is 138 Å². The molecule has 0 unspecified atom stereocenters. The van der Waals surface area contributed by atoms with Crippen LogP contribution in [0.4, 0.5) is 4.79 Å². The molecule has 156 valence electrons. The van der Waals surface area contributed by atoms with Gasteiger partial charge in [0.1, 0.15) is 16.8 Å². The molecule has 11 nitrogen and oxygen atoms in total. The molecule has 0 aromatic carbocycles. The number of hydrogen-bond donors (Lipinski definition) is 3. The van der Waals surface area contributed by atoms with Gasteiger partial charge < -0.3 is 14.6 Å². The van der Waals surface area contributed by atoms with Crippen molar-refractivity contribution >= 4 is 24.1 Å². The van der Waals surface area contributed by atoms with E-state index in [0.717, 1.165) is 0 Å². The molecule has 1 saturated heterocycles. The number of amides is 3. The number of H-pyrrole nitrogens is 1. The van der Waals surface area contributed by atoms with E-state index >= 15 is 0 Å². The van der Waals surface area contributed by atoms with Crippen LogP contribution in [0.5, 0.6) is 0 Å². The number of aromatic nitrogens is 3. The van der Waals surface area contributed by atoms with Crippen molar-refractivity contribution in [2.75, 3.05) is 13.1 Å². The minimum atomic E-state index is -0.598. The molecule has 0 spiro atoms. The van der Waals surface area contributed by atoms with Crippen LogP contribution in [0.3, 0.4) is 0 Å². The van der Waals surface area contributed by atoms with Crippen LogP contribution < -0.4 is 16.4 Å². The van der Waals surface area contributed by atoms with E-state index in [2.05, 4.69) is 20.9 Å². The van der Waals surface area contributed by atoms with Crippen molar-refractivity contribution < 1.29 is 19.1 Å². The lowest BCUT2D eigenvalue weighted by Gasteiger charge is -2.33. The summed E-state index contributed by atoms with van der Waals surface area (Å²) >= 11 is 0. The van der Waals surface area contributed by atoms with Gasteiger partial charge in [-0.25, -0.2) is 9.31 Å². The summed E-state index contributed by atoms with van der Waals surface area (Å²) in [6, 6.07) is 1.46. The maximum absolute atomic E-state index is 12.2. The fourth-order valence-electron chi connectivity index (χ4n) is 3.32. The summed E-state index contributed by atoms with van der Waals surface area (Å²) in [7, 11) is 0. The maximum Gasteiger partial charge on any atom is 0.410 e. The van der Waals surface area contributed by atoms with Gasteiger partial charge in [-0.1, -0.05) is 0 Å². The lowest BCUT2D eigenvalue weighted by molar-refractivity contribution is -0.110. The third-order valence-electron chi connectivity index (χ3n) is 4.59. The lowest BCUT2D eigenvalue weighted by atomic mass is 9.93. The monoisotopic (exact) mass is 404 g/mol. The molecule has 0 aliphatic carbocycles. The largest absolute Gasteiger partial charge is 0.444 e. The first-order valence-electron chi connectivity index (χ1n) is 9.28. The zero-order valence-electron chi connectivity index (χ0n) is 16.5. The molecule has 1 fully saturated rings. The van der Waals surface area contributed by atoms with E-state index < -0.39 is 11.5 Å². The zero-order valence-corrected chi connectivity index (χ0v) is 16.5. The molecular weight excluding hydrogens is 380 g/mol. The summed E-state index contributed by atoms with van der Waals surface area (Å²) in [6.45, 7) is 6.44. The van der Waals surface area contributed by atoms with Gasteiger partial charge in [0.05, 0.1) is 11.9 Å². The summed E-state index contributed by atoms with van der Waals surface area (Å²) in [5.74, 6) is -0.609. The number of nitrogens with one attached hydrogen (secondary N) is 3. The first-order valence-corrected chi connectivity index (χ1v) is 9.28. The minimum Gasteiger partial charge on any atom is -0.444 e. The molecule has 3 amide bonds. The summed E-state index contributed by atoms with van der Waals surface area (Å²) in [5, 5.41) is 4.23. The van der Waals surface area contributed by atoms with E-state index in [9.17, 15) is 19.2 Å². The third-order valence-corrected chi connectivity index (χ3v) is 4.59. The first-order chi connectivity index (χ1) is 13.7. The number of aromatic amines is 1. The van der Waals surface area contributed by atoms with Gasteiger partial charge >= 0.3 is 6.09 Å². The number of piperidine rings is 1. The predicted octanol–water partition coefficient (Wildman–Crippen LogP) is 0.528. The van der Waals surface area contributed by atoms with Crippen molar-refractivity contribution in [1.82, 2.24) is 30.3 Å². The van der Waals surface area contributed by atoms with Gasteiger partial charge in [-0.3, -0.25) is 25.2 Å². The van der Waals surface area contributed by atoms with Crippen molar-refractivity contribution in [3.05, 3.63) is 33.9 Å². The molecule has 0 radical (unpaired) electrons. The maximum atomic E-state index is 12.2. The highest BCUT2D eigenvalue weighted by molar-refractivity contribution is 5.99.